The van der Waals surface area contributed by atoms with E-state index in [-0.39, 0.29) is 0 Å². The van der Waals surface area contributed by atoms with E-state index in [1.807, 2.05) is 0 Å². The van der Waals surface area contributed by atoms with Gasteiger partial charge in [-0.1, -0.05) is 26.2 Å². The number of aromatic nitrogens is 2. The maximum absolute atomic E-state index is 6.23. The van der Waals surface area contributed by atoms with Crippen LogP contribution in [0.25, 0.3) is 0 Å². The topological polar surface area (TPSA) is 64.3 Å². The summed E-state index contributed by atoms with van der Waals surface area (Å²) in [5.41, 5.74) is 6.83. The first-order valence-electron chi connectivity index (χ1n) is 8.27. The van der Waals surface area contributed by atoms with Crippen molar-refractivity contribution in [2.45, 2.75) is 45.4 Å². The number of fused-ring (bicyclic) bond motifs is 1. The number of piperidine rings is 1. The van der Waals surface area contributed by atoms with Crippen molar-refractivity contribution >= 4 is 11.5 Å². The first-order chi connectivity index (χ1) is 10.3. The van der Waals surface area contributed by atoms with Gasteiger partial charge in [-0.2, -0.15) is 4.98 Å². The van der Waals surface area contributed by atoms with Gasteiger partial charge in [0, 0.05) is 13.1 Å². The monoisotopic (exact) mass is 290 g/mol. The Morgan fingerprint density at radius 1 is 1.24 bits per heavy atom. The largest absolute Gasteiger partial charge is 0.476 e. The van der Waals surface area contributed by atoms with E-state index in [4.69, 9.17) is 10.5 Å². The van der Waals surface area contributed by atoms with E-state index in [0.717, 1.165) is 37.2 Å². The number of rotatable bonds is 4. The van der Waals surface area contributed by atoms with Crippen LogP contribution in [0.2, 0.25) is 0 Å². The SMILES string of the molecule is CCCOc1ncnc(N2CCC3CCCCC3C2)c1N. The molecule has 0 bridgehead atoms. The van der Waals surface area contributed by atoms with Gasteiger partial charge in [0.15, 0.2) is 5.82 Å². The number of ether oxygens (including phenoxy) is 1. The van der Waals surface area contributed by atoms with Gasteiger partial charge in [-0.25, -0.2) is 4.98 Å². The standard InChI is InChI=1S/C16H26N4O/c1-2-9-21-16-14(17)15(18-11-19-16)20-8-7-12-5-3-4-6-13(12)10-20/h11-13H,2-10,17H2,1H3. The zero-order valence-electron chi connectivity index (χ0n) is 12.9. The zero-order chi connectivity index (χ0) is 14.7. The summed E-state index contributed by atoms with van der Waals surface area (Å²) >= 11 is 0. The second kappa shape index (κ2) is 6.50. The number of nitrogen functional groups attached to an aromatic ring is 1. The average Bonchev–Trinajstić information content (AvgIpc) is 2.53. The molecular weight excluding hydrogens is 264 g/mol. The van der Waals surface area contributed by atoms with Crippen LogP contribution in [-0.2, 0) is 0 Å². The zero-order valence-corrected chi connectivity index (χ0v) is 12.9. The number of nitrogens with two attached hydrogens (primary N) is 1. The first-order valence-corrected chi connectivity index (χ1v) is 8.27. The molecule has 1 aromatic rings. The van der Waals surface area contributed by atoms with Crippen LogP contribution in [0.4, 0.5) is 11.5 Å². The molecule has 5 nitrogen and oxygen atoms in total. The fraction of sp³-hybridized carbons (Fsp3) is 0.750. The Bertz CT molecular complexity index is 479. The van der Waals surface area contributed by atoms with Crippen LogP contribution < -0.4 is 15.4 Å². The lowest BCUT2D eigenvalue weighted by Crippen LogP contribution is -2.42. The molecule has 1 saturated heterocycles. The Labute approximate surface area is 126 Å². The van der Waals surface area contributed by atoms with Crippen molar-refractivity contribution in [3.63, 3.8) is 0 Å². The summed E-state index contributed by atoms with van der Waals surface area (Å²) in [6, 6.07) is 0. The second-order valence-electron chi connectivity index (χ2n) is 6.30. The molecule has 0 radical (unpaired) electrons. The molecule has 1 saturated carbocycles. The van der Waals surface area contributed by atoms with Crippen LogP contribution in [0.3, 0.4) is 0 Å². The summed E-state index contributed by atoms with van der Waals surface area (Å²) in [7, 11) is 0. The van der Waals surface area contributed by atoms with Crippen LogP contribution in [0.1, 0.15) is 45.4 Å². The maximum Gasteiger partial charge on any atom is 0.242 e. The molecule has 1 aromatic heterocycles. The number of hydrogen-bond acceptors (Lipinski definition) is 5. The lowest BCUT2D eigenvalue weighted by molar-refractivity contribution is 0.202. The van der Waals surface area contributed by atoms with Crippen molar-refractivity contribution in [3.05, 3.63) is 6.33 Å². The summed E-state index contributed by atoms with van der Waals surface area (Å²) in [4.78, 5) is 10.9. The Hall–Kier alpha value is -1.52. The van der Waals surface area contributed by atoms with Crippen molar-refractivity contribution in [1.29, 1.82) is 0 Å². The molecule has 21 heavy (non-hydrogen) atoms. The molecule has 0 spiro atoms. The van der Waals surface area contributed by atoms with Gasteiger partial charge in [-0.05, 0) is 31.1 Å². The summed E-state index contributed by atoms with van der Waals surface area (Å²) < 4.78 is 5.62. The molecule has 1 aliphatic carbocycles. The highest BCUT2D eigenvalue weighted by Gasteiger charge is 2.32. The molecule has 2 unspecified atom stereocenters. The van der Waals surface area contributed by atoms with Gasteiger partial charge >= 0.3 is 0 Å². The summed E-state index contributed by atoms with van der Waals surface area (Å²) in [5.74, 6) is 3.11. The minimum atomic E-state index is 0.535. The third kappa shape index (κ3) is 3.06. The van der Waals surface area contributed by atoms with Crippen molar-refractivity contribution < 1.29 is 4.74 Å². The van der Waals surface area contributed by atoms with Crippen LogP contribution in [0, 0.1) is 11.8 Å². The summed E-state index contributed by atoms with van der Waals surface area (Å²) in [5, 5.41) is 0. The third-order valence-electron chi connectivity index (χ3n) is 4.86. The highest BCUT2D eigenvalue weighted by molar-refractivity contribution is 5.67. The molecule has 2 N–H and O–H groups in total. The van der Waals surface area contributed by atoms with E-state index in [1.54, 1.807) is 6.33 Å². The molecule has 2 heterocycles. The molecule has 2 fully saturated rings. The van der Waals surface area contributed by atoms with Crippen molar-refractivity contribution in [1.82, 2.24) is 9.97 Å². The lowest BCUT2D eigenvalue weighted by Gasteiger charge is -2.42. The van der Waals surface area contributed by atoms with Gasteiger partial charge < -0.3 is 15.4 Å². The van der Waals surface area contributed by atoms with Crippen molar-refractivity contribution in [2.24, 2.45) is 11.8 Å². The van der Waals surface area contributed by atoms with Crippen LogP contribution in [0.15, 0.2) is 6.33 Å². The van der Waals surface area contributed by atoms with Crippen molar-refractivity contribution in [2.75, 3.05) is 30.3 Å². The predicted octanol–water partition coefficient (Wildman–Crippen LogP) is 2.86. The molecule has 116 valence electrons. The van der Waals surface area contributed by atoms with E-state index in [2.05, 4.69) is 21.8 Å². The fourth-order valence-electron chi connectivity index (χ4n) is 3.73. The second-order valence-corrected chi connectivity index (χ2v) is 6.30. The van der Waals surface area contributed by atoms with Gasteiger partial charge in [0.2, 0.25) is 5.88 Å². The molecule has 2 aliphatic rings. The van der Waals surface area contributed by atoms with Gasteiger partial charge in [0.05, 0.1) is 6.61 Å². The summed E-state index contributed by atoms with van der Waals surface area (Å²) in [6.45, 7) is 4.85. The fourth-order valence-corrected chi connectivity index (χ4v) is 3.73. The van der Waals surface area contributed by atoms with E-state index in [0.29, 0.717) is 18.2 Å². The smallest absolute Gasteiger partial charge is 0.242 e. The molecule has 1 aliphatic heterocycles. The molecule has 3 rings (SSSR count). The molecule has 5 heteroatoms. The van der Waals surface area contributed by atoms with E-state index >= 15 is 0 Å². The quantitative estimate of drug-likeness (QED) is 0.923. The molecule has 2 atom stereocenters. The first kappa shape index (κ1) is 14.4. The number of nitrogens with zero attached hydrogens (tertiary/aromatic N) is 3. The van der Waals surface area contributed by atoms with Crippen LogP contribution in [0.5, 0.6) is 5.88 Å². The van der Waals surface area contributed by atoms with Gasteiger partial charge in [-0.3, -0.25) is 0 Å². The van der Waals surface area contributed by atoms with Gasteiger partial charge in [-0.15, -0.1) is 0 Å². The highest BCUT2D eigenvalue weighted by Crippen LogP contribution is 2.39. The van der Waals surface area contributed by atoms with Crippen molar-refractivity contribution in [3.8, 4) is 5.88 Å². The summed E-state index contributed by atoms with van der Waals surface area (Å²) in [6.07, 6.45) is 9.33. The Morgan fingerprint density at radius 2 is 2.05 bits per heavy atom. The maximum atomic E-state index is 6.23. The van der Waals surface area contributed by atoms with E-state index < -0.39 is 0 Å². The number of hydrogen-bond donors (Lipinski definition) is 1. The Balaban J connectivity index is 1.74. The van der Waals surface area contributed by atoms with Gasteiger partial charge in [0.1, 0.15) is 12.0 Å². The normalized spacial score (nSPS) is 25.5. The Morgan fingerprint density at radius 3 is 2.86 bits per heavy atom. The minimum Gasteiger partial charge on any atom is -0.476 e. The molecule has 0 amide bonds. The third-order valence-corrected chi connectivity index (χ3v) is 4.86. The number of anilines is 2. The lowest BCUT2D eigenvalue weighted by atomic mass is 9.75. The van der Waals surface area contributed by atoms with Gasteiger partial charge in [0.25, 0.3) is 0 Å². The highest BCUT2D eigenvalue weighted by atomic mass is 16.5. The minimum absolute atomic E-state index is 0.535. The van der Waals surface area contributed by atoms with Crippen LogP contribution >= 0.6 is 0 Å². The van der Waals surface area contributed by atoms with E-state index in [1.165, 1.54) is 32.1 Å². The predicted molar refractivity (Wildman–Crippen MR) is 84.5 cm³/mol. The van der Waals surface area contributed by atoms with Crippen LogP contribution in [-0.4, -0.2) is 29.7 Å². The Kier molecular flexibility index (Phi) is 4.46. The average molecular weight is 290 g/mol. The molecule has 0 aromatic carbocycles. The molecular formula is C16H26N4O. The van der Waals surface area contributed by atoms with E-state index in [9.17, 15) is 0 Å².